The predicted octanol–water partition coefficient (Wildman–Crippen LogP) is 3.14. The van der Waals surface area contributed by atoms with Crippen LogP contribution in [0.25, 0.3) is 0 Å². The van der Waals surface area contributed by atoms with Crippen LogP contribution in [0.15, 0.2) is 18.2 Å². The summed E-state index contributed by atoms with van der Waals surface area (Å²) in [4.78, 5) is 14.5. The molecule has 0 aromatic heterocycles. The third-order valence-corrected chi connectivity index (χ3v) is 3.81. The number of nitrogens with one attached hydrogen (secondary N) is 1. The van der Waals surface area contributed by atoms with Crippen molar-refractivity contribution in [1.29, 1.82) is 0 Å². The van der Waals surface area contributed by atoms with E-state index in [4.69, 9.17) is 11.6 Å². The van der Waals surface area contributed by atoms with E-state index in [1.165, 1.54) is 6.42 Å². The average molecular weight is 317 g/mol. The molecule has 1 fully saturated rings. The molecule has 1 unspecified atom stereocenters. The van der Waals surface area contributed by atoms with Crippen LogP contribution in [0.5, 0.6) is 0 Å². The topological polar surface area (TPSA) is 32.3 Å². The number of amides is 1. The van der Waals surface area contributed by atoms with Crippen LogP contribution >= 0.6 is 24.0 Å². The Morgan fingerprint density at radius 3 is 2.85 bits per heavy atom. The van der Waals surface area contributed by atoms with Crippen molar-refractivity contribution in [2.45, 2.75) is 19.8 Å². The summed E-state index contributed by atoms with van der Waals surface area (Å²) in [6, 6.07) is 5.55. The van der Waals surface area contributed by atoms with Gasteiger partial charge in [0.25, 0.3) is 5.91 Å². The van der Waals surface area contributed by atoms with Crippen molar-refractivity contribution in [3.8, 4) is 0 Å². The SMILES string of the molecule is CNCC1CCCN(C(=O)c2cc(C)cc(Cl)c2)C1.Cl. The summed E-state index contributed by atoms with van der Waals surface area (Å²) in [5.74, 6) is 0.661. The molecule has 112 valence electrons. The van der Waals surface area contributed by atoms with E-state index in [0.29, 0.717) is 16.5 Å². The van der Waals surface area contributed by atoms with Crippen LogP contribution in [0.2, 0.25) is 5.02 Å². The van der Waals surface area contributed by atoms with E-state index in [-0.39, 0.29) is 18.3 Å². The van der Waals surface area contributed by atoms with Gasteiger partial charge >= 0.3 is 0 Å². The van der Waals surface area contributed by atoms with Crippen molar-refractivity contribution in [2.75, 3.05) is 26.7 Å². The van der Waals surface area contributed by atoms with Crippen molar-refractivity contribution in [3.05, 3.63) is 34.3 Å². The highest BCUT2D eigenvalue weighted by molar-refractivity contribution is 6.31. The standard InChI is InChI=1S/C15H21ClN2O.ClH/c1-11-6-13(8-14(16)7-11)15(19)18-5-3-4-12(10-18)9-17-2;/h6-8,12,17H,3-5,9-10H2,1-2H3;1H. The first-order valence-electron chi connectivity index (χ1n) is 6.81. The number of nitrogens with zero attached hydrogens (tertiary/aromatic N) is 1. The van der Waals surface area contributed by atoms with Crippen molar-refractivity contribution in [2.24, 2.45) is 5.92 Å². The van der Waals surface area contributed by atoms with Gasteiger partial charge in [-0.2, -0.15) is 0 Å². The van der Waals surface area contributed by atoms with E-state index < -0.39 is 0 Å². The molecule has 5 heteroatoms. The van der Waals surface area contributed by atoms with E-state index in [2.05, 4.69) is 5.32 Å². The minimum absolute atomic E-state index is 0. The van der Waals surface area contributed by atoms with Crippen LogP contribution in [-0.4, -0.2) is 37.5 Å². The molecule has 0 aliphatic carbocycles. The Morgan fingerprint density at radius 2 is 2.20 bits per heavy atom. The summed E-state index contributed by atoms with van der Waals surface area (Å²) in [7, 11) is 1.96. The largest absolute Gasteiger partial charge is 0.338 e. The molecule has 1 heterocycles. The molecule has 2 rings (SSSR count). The van der Waals surface area contributed by atoms with E-state index >= 15 is 0 Å². The predicted molar refractivity (Wildman–Crippen MR) is 86.0 cm³/mol. The number of carbonyl (C=O) groups excluding carboxylic acids is 1. The lowest BCUT2D eigenvalue weighted by Gasteiger charge is -2.32. The van der Waals surface area contributed by atoms with Crippen molar-refractivity contribution < 1.29 is 4.79 Å². The molecule has 0 radical (unpaired) electrons. The minimum atomic E-state index is 0. The Hall–Kier alpha value is -0.770. The molecule has 20 heavy (non-hydrogen) atoms. The van der Waals surface area contributed by atoms with Gasteiger partial charge in [0, 0.05) is 23.7 Å². The molecule has 1 atom stereocenters. The highest BCUT2D eigenvalue weighted by Crippen LogP contribution is 2.20. The lowest BCUT2D eigenvalue weighted by Crippen LogP contribution is -2.42. The fraction of sp³-hybridized carbons (Fsp3) is 0.533. The van der Waals surface area contributed by atoms with E-state index in [1.807, 2.05) is 31.0 Å². The highest BCUT2D eigenvalue weighted by atomic mass is 35.5. The summed E-state index contributed by atoms with van der Waals surface area (Å²) < 4.78 is 0. The lowest BCUT2D eigenvalue weighted by atomic mass is 9.97. The maximum atomic E-state index is 12.5. The number of halogens is 2. The van der Waals surface area contributed by atoms with E-state index in [9.17, 15) is 4.79 Å². The van der Waals surface area contributed by atoms with Gasteiger partial charge in [0.05, 0.1) is 0 Å². The number of hydrogen-bond donors (Lipinski definition) is 1. The van der Waals surface area contributed by atoms with E-state index in [1.54, 1.807) is 6.07 Å². The number of aryl methyl sites for hydroxylation is 1. The molecule has 0 spiro atoms. The first kappa shape index (κ1) is 17.3. The van der Waals surface area contributed by atoms with Gasteiger partial charge in [-0.3, -0.25) is 4.79 Å². The molecule has 1 saturated heterocycles. The Labute approximate surface area is 132 Å². The van der Waals surface area contributed by atoms with Gasteiger partial charge in [0.1, 0.15) is 0 Å². The maximum Gasteiger partial charge on any atom is 0.253 e. The fourth-order valence-electron chi connectivity index (χ4n) is 2.75. The van der Waals surface area contributed by atoms with Gasteiger partial charge in [0.2, 0.25) is 0 Å². The molecular formula is C15H22Cl2N2O. The molecule has 1 aromatic carbocycles. The summed E-state index contributed by atoms with van der Waals surface area (Å²) in [6.07, 6.45) is 2.27. The maximum absolute atomic E-state index is 12.5. The monoisotopic (exact) mass is 316 g/mol. The van der Waals surface area contributed by atoms with Crippen LogP contribution in [0.3, 0.4) is 0 Å². The lowest BCUT2D eigenvalue weighted by molar-refractivity contribution is 0.0674. The number of piperidine rings is 1. The van der Waals surface area contributed by atoms with Crippen LogP contribution in [0.4, 0.5) is 0 Å². The fourth-order valence-corrected chi connectivity index (χ4v) is 3.04. The van der Waals surface area contributed by atoms with Crippen molar-refractivity contribution in [1.82, 2.24) is 10.2 Å². The quantitative estimate of drug-likeness (QED) is 0.929. The molecule has 1 aromatic rings. The molecule has 0 saturated carbocycles. The smallest absolute Gasteiger partial charge is 0.253 e. The second-order valence-electron chi connectivity index (χ2n) is 5.33. The van der Waals surface area contributed by atoms with Crippen molar-refractivity contribution in [3.63, 3.8) is 0 Å². The Balaban J connectivity index is 0.00000200. The van der Waals surface area contributed by atoms with Gasteiger partial charge in [0.15, 0.2) is 0 Å². The van der Waals surface area contributed by atoms with Gasteiger partial charge in [-0.1, -0.05) is 11.6 Å². The van der Waals surface area contributed by atoms with Crippen LogP contribution in [0.1, 0.15) is 28.8 Å². The third-order valence-electron chi connectivity index (χ3n) is 3.59. The number of carbonyl (C=O) groups is 1. The van der Waals surface area contributed by atoms with Crippen LogP contribution in [-0.2, 0) is 0 Å². The zero-order valence-corrected chi connectivity index (χ0v) is 13.6. The molecule has 3 nitrogen and oxygen atoms in total. The molecule has 1 amide bonds. The summed E-state index contributed by atoms with van der Waals surface area (Å²) in [5, 5.41) is 3.83. The Kier molecular flexibility index (Phi) is 6.80. The molecule has 1 N–H and O–H groups in total. The van der Waals surface area contributed by atoms with Gasteiger partial charge in [-0.25, -0.2) is 0 Å². The summed E-state index contributed by atoms with van der Waals surface area (Å²) in [5.41, 5.74) is 1.73. The Morgan fingerprint density at radius 1 is 1.45 bits per heavy atom. The molecule has 0 bridgehead atoms. The number of rotatable bonds is 3. The number of hydrogen-bond acceptors (Lipinski definition) is 2. The first-order chi connectivity index (χ1) is 9.10. The normalized spacial score (nSPS) is 18.6. The van der Waals surface area contributed by atoms with Crippen LogP contribution < -0.4 is 5.32 Å². The summed E-state index contributed by atoms with van der Waals surface area (Å²) >= 11 is 6.03. The number of benzene rings is 1. The second-order valence-corrected chi connectivity index (χ2v) is 5.77. The zero-order valence-electron chi connectivity index (χ0n) is 12.0. The molecule has 1 aliphatic rings. The Bertz CT molecular complexity index is 443. The average Bonchev–Trinajstić information content (AvgIpc) is 2.37. The van der Waals surface area contributed by atoms with Crippen LogP contribution in [0, 0.1) is 12.8 Å². The zero-order chi connectivity index (χ0) is 13.8. The van der Waals surface area contributed by atoms with E-state index in [0.717, 1.165) is 31.6 Å². The molecule has 1 aliphatic heterocycles. The van der Waals surface area contributed by atoms with Gasteiger partial charge in [-0.15, -0.1) is 12.4 Å². The summed E-state index contributed by atoms with van der Waals surface area (Å²) in [6.45, 7) is 4.62. The minimum Gasteiger partial charge on any atom is -0.338 e. The van der Waals surface area contributed by atoms with Gasteiger partial charge < -0.3 is 10.2 Å². The molecular weight excluding hydrogens is 295 g/mol. The first-order valence-corrected chi connectivity index (χ1v) is 7.19. The number of likely N-dealkylation sites (tertiary alicyclic amines) is 1. The highest BCUT2D eigenvalue weighted by Gasteiger charge is 2.24. The van der Waals surface area contributed by atoms with Crippen molar-refractivity contribution >= 4 is 29.9 Å². The van der Waals surface area contributed by atoms with Gasteiger partial charge in [-0.05, 0) is 63.0 Å². The second kappa shape index (κ2) is 7.87. The third kappa shape index (κ3) is 4.37.